The molecule has 2 aromatic heterocycles. The number of aromatic nitrogens is 3. The summed E-state index contributed by atoms with van der Waals surface area (Å²) >= 11 is 5.84. The van der Waals surface area contributed by atoms with Gasteiger partial charge in [-0.15, -0.1) is 0 Å². The van der Waals surface area contributed by atoms with Crippen LogP contribution < -0.4 is 5.32 Å². The zero-order valence-electron chi connectivity index (χ0n) is 10.1. The van der Waals surface area contributed by atoms with E-state index in [1.54, 1.807) is 12.3 Å². The van der Waals surface area contributed by atoms with Gasteiger partial charge in [0, 0.05) is 24.5 Å². The molecule has 92 valence electrons. The van der Waals surface area contributed by atoms with E-state index in [2.05, 4.69) is 20.3 Å². The van der Waals surface area contributed by atoms with Crippen molar-refractivity contribution in [2.75, 3.05) is 12.4 Å². The molecule has 0 radical (unpaired) electrons. The molecule has 0 unspecified atom stereocenters. The number of rotatable bonds is 2. The minimum atomic E-state index is 0.619. The van der Waals surface area contributed by atoms with Crippen LogP contribution >= 0.6 is 11.6 Å². The maximum absolute atomic E-state index is 5.84. The Bertz CT molecular complexity index is 580. The second-order valence-corrected chi connectivity index (χ2v) is 4.72. The third-order valence-corrected chi connectivity index (χ3v) is 3.35. The average Bonchev–Trinajstić information content (AvgIpc) is 2.86. The number of aryl methyl sites for hydroxylation is 1. The molecule has 0 aromatic carbocycles. The molecule has 3 rings (SSSR count). The Balaban J connectivity index is 2.10. The highest BCUT2D eigenvalue weighted by Crippen LogP contribution is 2.28. The van der Waals surface area contributed by atoms with Gasteiger partial charge in [0.15, 0.2) is 5.82 Å². The molecule has 18 heavy (non-hydrogen) atoms. The first-order chi connectivity index (χ1) is 8.78. The van der Waals surface area contributed by atoms with Gasteiger partial charge in [-0.05, 0) is 31.4 Å². The van der Waals surface area contributed by atoms with Gasteiger partial charge in [-0.2, -0.15) is 0 Å². The van der Waals surface area contributed by atoms with E-state index in [0.29, 0.717) is 10.8 Å². The molecule has 0 spiro atoms. The summed E-state index contributed by atoms with van der Waals surface area (Å²) in [5.74, 6) is 1.58. The van der Waals surface area contributed by atoms with Gasteiger partial charge in [-0.3, -0.25) is 4.98 Å². The van der Waals surface area contributed by atoms with E-state index in [-0.39, 0.29) is 0 Å². The van der Waals surface area contributed by atoms with Gasteiger partial charge >= 0.3 is 0 Å². The lowest BCUT2D eigenvalue weighted by Crippen LogP contribution is -2.03. The van der Waals surface area contributed by atoms with Crippen LogP contribution in [0.15, 0.2) is 18.3 Å². The third-order valence-electron chi connectivity index (χ3n) is 3.13. The Morgan fingerprint density at radius 1 is 1.22 bits per heavy atom. The van der Waals surface area contributed by atoms with E-state index in [1.165, 1.54) is 5.56 Å². The first-order valence-electron chi connectivity index (χ1n) is 5.97. The van der Waals surface area contributed by atoms with Crippen molar-refractivity contribution in [2.24, 2.45) is 0 Å². The fraction of sp³-hybridized carbons (Fsp3) is 0.308. The van der Waals surface area contributed by atoms with Gasteiger partial charge in [0.05, 0.1) is 5.02 Å². The summed E-state index contributed by atoms with van der Waals surface area (Å²) in [6.07, 6.45) is 4.84. The first kappa shape index (κ1) is 11.4. The number of nitrogens with one attached hydrogen (secondary N) is 1. The number of hydrogen-bond donors (Lipinski definition) is 1. The van der Waals surface area contributed by atoms with Crippen molar-refractivity contribution in [1.82, 2.24) is 15.0 Å². The molecule has 0 aliphatic heterocycles. The fourth-order valence-electron chi connectivity index (χ4n) is 2.26. The molecule has 0 bridgehead atoms. The summed E-state index contributed by atoms with van der Waals surface area (Å²) in [4.78, 5) is 13.4. The smallest absolute Gasteiger partial charge is 0.180 e. The number of hydrogen-bond acceptors (Lipinski definition) is 4. The van der Waals surface area contributed by atoms with Gasteiger partial charge in [-0.25, -0.2) is 9.97 Å². The van der Waals surface area contributed by atoms with Gasteiger partial charge in [0.25, 0.3) is 0 Å². The topological polar surface area (TPSA) is 50.7 Å². The SMILES string of the molecule is CNc1nc(-c2ccc(Cl)cn2)nc2c1CCC2. The Hall–Kier alpha value is -1.68. The predicted molar refractivity (Wildman–Crippen MR) is 71.8 cm³/mol. The fourth-order valence-corrected chi connectivity index (χ4v) is 2.37. The summed E-state index contributed by atoms with van der Waals surface area (Å²) in [5.41, 5.74) is 3.14. The van der Waals surface area contributed by atoms with E-state index in [1.807, 2.05) is 13.1 Å². The van der Waals surface area contributed by atoms with Crippen molar-refractivity contribution in [3.05, 3.63) is 34.6 Å². The van der Waals surface area contributed by atoms with Crippen LogP contribution in [-0.2, 0) is 12.8 Å². The highest BCUT2D eigenvalue weighted by atomic mass is 35.5. The second-order valence-electron chi connectivity index (χ2n) is 4.29. The number of halogens is 1. The molecular weight excluding hydrogens is 248 g/mol. The zero-order chi connectivity index (χ0) is 12.5. The molecule has 2 aromatic rings. The van der Waals surface area contributed by atoms with Crippen molar-refractivity contribution in [2.45, 2.75) is 19.3 Å². The van der Waals surface area contributed by atoms with Gasteiger partial charge in [0.2, 0.25) is 0 Å². The van der Waals surface area contributed by atoms with E-state index < -0.39 is 0 Å². The van der Waals surface area contributed by atoms with E-state index in [9.17, 15) is 0 Å². The predicted octanol–water partition coefficient (Wildman–Crippen LogP) is 2.72. The standard InChI is InChI=1S/C13H13ClN4/c1-15-12-9-3-2-4-10(9)17-13(18-12)11-6-5-8(14)7-16-11/h5-7H,2-4H2,1H3,(H,15,17,18). The van der Waals surface area contributed by atoms with Crippen molar-refractivity contribution in [3.8, 4) is 11.5 Å². The van der Waals surface area contributed by atoms with Crippen LogP contribution in [0.4, 0.5) is 5.82 Å². The normalized spacial score (nSPS) is 13.4. The van der Waals surface area contributed by atoms with Crippen LogP contribution in [0.1, 0.15) is 17.7 Å². The quantitative estimate of drug-likeness (QED) is 0.902. The van der Waals surface area contributed by atoms with Crippen LogP contribution in [-0.4, -0.2) is 22.0 Å². The van der Waals surface area contributed by atoms with Crippen LogP contribution in [0, 0.1) is 0 Å². The highest BCUT2D eigenvalue weighted by molar-refractivity contribution is 6.30. The number of fused-ring (bicyclic) bond motifs is 1. The summed E-state index contributed by atoms with van der Waals surface area (Å²) in [6.45, 7) is 0. The molecule has 5 heteroatoms. The number of anilines is 1. The summed E-state index contributed by atoms with van der Waals surface area (Å²) < 4.78 is 0. The first-order valence-corrected chi connectivity index (χ1v) is 6.35. The molecular formula is C13H13ClN4. The van der Waals surface area contributed by atoms with Crippen LogP contribution in [0.5, 0.6) is 0 Å². The van der Waals surface area contributed by atoms with Crippen molar-refractivity contribution < 1.29 is 0 Å². The lowest BCUT2D eigenvalue weighted by molar-refractivity contribution is 0.899. The zero-order valence-corrected chi connectivity index (χ0v) is 10.8. The molecule has 0 atom stereocenters. The third kappa shape index (κ3) is 1.93. The lowest BCUT2D eigenvalue weighted by Gasteiger charge is -2.09. The Labute approximate surface area is 110 Å². The van der Waals surface area contributed by atoms with Gasteiger partial charge in [-0.1, -0.05) is 11.6 Å². The molecule has 0 saturated carbocycles. The maximum Gasteiger partial charge on any atom is 0.180 e. The molecule has 1 N–H and O–H groups in total. The molecule has 4 nitrogen and oxygen atoms in total. The van der Waals surface area contributed by atoms with Crippen molar-refractivity contribution in [1.29, 1.82) is 0 Å². The van der Waals surface area contributed by atoms with E-state index >= 15 is 0 Å². The highest BCUT2D eigenvalue weighted by Gasteiger charge is 2.19. The molecule has 1 aliphatic carbocycles. The van der Waals surface area contributed by atoms with Crippen molar-refractivity contribution >= 4 is 17.4 Å². The van der Waals surface area contributed by atoms with Crippen LogP contribution in [0.25, 0.3) is 11.5 Å². The molecule has 0 fully saturated rings. The largest absolute Gasteiger partial charge is 0.373 e. The number of nitrogens with zero attached hydrogens (tertiary/aromatic N) is 3. The van der Waals surface area contributed by atoms with Crippen LogP contribution in [0.3, 0.4) is 0 Å². The van der Waals surface area contributed by atoms with Gasteiger partial charge in [0.1, 0.15) is 11.5 Å². The van der Waals surface area contributed by atoms with Crippen LogP contribution in [0.2, 0.25) is 5.02 Å². The van der Waals surface area contributed by atoms with Gasteiger partial charge < -0.3 is 5.32 Å². The van der Waals surface area contributed by atoms with Crippen molar-refractivity contribution in [3.63, 3.8) is 0 Å². The average molecular weight is 261 g/mol. The second kappa shape index (κ2) is 4.53. The molecule has 2 heterocycles. The minimum absolute atomic E-state index is 0.619. The lowest BCUT2D eigenvalue weighted by atomic mass is 10.2. The summed E-state index contributed by atoms with van der Waals surface area (Å²) in [6, 6.07) is 3.65. The summed E-state index contributed by atoms with van der Waals surface area (Å²) in [5, 5.41) is 3.76. The Kier molecular flexibility index (Phi) is 2.88. The minimum Gasteiger partial charge on any atom is -0.373 e. The Morgan fingerprint density at radius 3 is 2.83 bits per heavy atom. The van der Waals surface area contributed by atoms with E-state index in [4.69, 9.17) is 11.6 Å². The molecule has 0 saturated heterocycles. The van der Waals surface area contributed by atoms with E-state index in [0.717, 1.165) is 36.5 Å². The molecule has 1 aliphatic rings. The maximum atomic E-state index is 5.84. The molecule has 0 amide bonds. The monoisotopic (exact) mass is 260 g/mol. The Morgan fingerprint density at radius 2 is 2.11 bits per heavy atom. The number of pyridine rings is 1. The summed E-state index contributed by atoms with van der Waals surface area (Å²) in [7, 11) is 1.89.